The number of hydrogen-bond acceptors (Lipinski definition) is 2. The number of hydrogen-bond donors (Lipinski definition) is 1. The van der Waals surface area contributed by atoms with E-state index >= 15 is 0 Å². The van der Waals surface area contributed by atoms with Gasteiger partial charge >= 0.3 is 0 Å². The Balaban J connectivity index is 2.64. The summed E-state index contributed by atoms with van der Waals surface area (Å²) in [6.07, 6.45) is 0.333. The number of carbonyl (C=O) groups excluding carboxylic acids is 2. The molecule has 2 unspecified atom stereocenters. The van der Waals surface area contributed by atoms with Crippen LogP contribution in [0, 0.1) is 11.3 Å². The molecule has 0 radical (unpaired) electrons. The Hall–Kier alpha value is -1.06. The van der Waals surface area contributed by atoms with E-state index in [4.69, 9.17) is 0 Å². The van der Waals surface area contributed by atoms with Crippen molar-refractivity contribution in [2.24, 2.45) is 11.3 Å². The lowest BCUT2D eigenvalue weighted by molar-refractivity contribution is -0.138. The molecule has 0 aromatic rings. The zero-order valence-electron chi connectivity index (χ0n) is 10.8. The van der Waals surface area contributed by atoms with E-state index < -0.39 is 0 Å². The molecule has 16 heavy (non-hydrogen) atoms. The first kappa shape index (κ1) is 13.0. The molecule has 1 N–H and O–H groups in total. The molecule has 92 valence electrons. The van der Waals surface area contributed by atoms with Crippen molar-refractivity contribution in [1.29, 1.82) is 0 Å². The zero-order valence-corrected chi connectivity index (χ0v) is 10.8. The number of amides is 2. The standard InChI is InChI=1S/C12H22N2O2/c1-8(12(2,3)4)14(5)11(16)9-6-10(15)13-7-9/h8-9H,6-7H2,1-5H3,(H,13,15). The molecule has 1 heterocycles. The van der Waals surface area contributed by atoms with Crippen LogP contribution in [0.5, 0.6) is 0 Å². The summed E-state index contributed by atoms with van der Waals surface area (Å²) in [4.78, 5) is 24.9. The molecule has 0 aromatic heterocycles. The summed E-state index contributed by atoms with van der Waals surface area (Å²) in [5, 5.41) is 2.70. The Morgan fingerprint density at radius 3 is 2.44 bits per heavy atom. The molecular weight excluding hydrogens is 204 g/mol. The van der Waals surface area contributed by atoms with Crippen LogP contribution in [0.15, 0.2) is 0 Å². The molecule has 4 nitrogen and oxygen atoms in total. The average Bonchev–Trinajstić information content (AvgIpc) is 2.60. The molecule has 1 fully saturated rings. The van der Waals surface area contributed by atoms with Gasteiger partial charge in [-0.15, -0.1) is 0 Å². The van der Waals surface area contributed by atoms with Crippen molar-refractivity contribution in [3.63, 3.8) is 0 Å². The zero-order chi connectivity index (χ0) is 12.5. The first-order chi connectivity index (χ1) is 7.23. The van der Waals surface area contributed by atoms with Gasteiger partial charge in [0.2, 0.25) is 11.8 Å². The first-order valence-corrected chi connectivity index (χ1v) is 5.77. The summed E-state index contributed by atoms with van der Waals surface area (Å²) in [6.45, 7) is 8.86. The van der Waals surface area contributed by atoms with Gasteiger partial charge in [0.15, 0.2) is 0 Å². The Labute approximate surface area is 97.4 Å². The summed E-state index contributed by atoms with van der Waals surface area (Å²) in [5.41, 5.74) is 0.0560. The van der Waals surface area contributed by atoms with E-state index in [2.05, 4.69) is 26.1 Å². The van der Waals surface area contributed by atoms with Crippen molar-refractivity contribution in [3.8, 4) is 0 Å². The fraction of sp³-hybridized carbons (Fsp3) is 0.833. The van der Waals surface area contributed by atoms with Gasteiger partial charge in [-0.05, 0) is 12.3 Å². The number of nitrogens with one attached hydrogen (secondary N) is 1. The van der Waals surface area contributed by atoms with E-state index in [0.29, 0.717) is 13.0 Å². The van der Waals surface area contributed by atoms with Crippen molar-refractivity contribution in [1.82, 2.24) is 10.2 Å². The summed E-state index contributed by atoms with van der Waals surface area (Å²) in [5.74, 6) is -0.127. The van der Waals surface area contributed by atoms with Gasteiger partial charge in [-0.3, -0.25) is 9.59 Å². The molecule has 2 amide bonds. The maximum atomic E-state index is 12.1. The minimum atomic E-state index is -0.178. The van der Waals surface area contributed by atoms with E-state index in [1.165, 1.54) is 0 Å². The van der Waals surface area contributed by atoms with Gasteiger partial charge < -0.3 is 10.2 Å². The van der Waals surface area contributed by atoms with Crippen molar-refractivity contribution < 1.29 is 9.59 Å². The highest BCUT2D eigenvalue weighted by atomic mass is 16.2. The predicted octanol–water partition coefficient (Wildman–Crippen LogP) is 1.02. The number of carbonyl (C=O) groups is 2. The largest absolute Gasteiger partial charge is 0.355 e. The molecule has 0 bridgehead atoms. The lowest BCUT2D eigenvalue weighted by Gasteiger charge is -2.36. The maximum absolute atomic E-state index is 12.1. The molecule has 1 aliphatic rings. The van der Waals surface area contributed by atoms with Crippen molar-refractivity contribution in [2.45, 2.75) is 40.2 Å². The van der Waals surface area contributed by atoms with Crippen LogP contribution < -0.4 is 5.32 Å². The molecule has 1 aliphatic heterocycles. The lowest BCUT2D eigenvalue weighted by atomic mass is 9.86. The highest BCUT2D eigenvalue weighted by Gasteiger charge is 2.34. The molecule has 2 atom stereocenters. The Bertz CT molecular complexity index is 294. The molecule has 0 aromatic carbocycles. The monoisotopic (exact) mass is 226 g/mol. The summed E-state index contributed by atoms with van der Waals surface area (Å²) >= 11 is 0. The minimum Gasteiger partial charge on any atom is -0.355 e. The van der Waals surface area contributed by atoms with Gasteiger partial charge in [0, 0.05) is 26.1 Å². The third kappa shape index (κ3) is 2.74. The second kappa shape index (κ2) is 4.44. The second-order valence-corrected chi connectivity index (χ2v) is 5.70. The fourth-order valence-electron chi connectivity index (χ4n) is 1.84. The molecular formula is C12H22N2O2. The van der Waals surface area contributed by atoms with E-state index in [1.54, 1.807) is 4.90 Å². The van der Waals surface area contributed by atoms with Crippen LogP contribution in [0.1, 0.15) is 34.1 Å². The quantitative estimate of drug-likeness (QED) is 0.764. The lowest BCUT2D eigenvalue weighted by Crippen LogP contribution is -2.45. The Morgan fingerprint density at radius 1 is 1.50 bits per heavy atom. The second-order valence-electron chi connectivity index (χ2n) is 5.70. The van der Waals surface area contributed by atoms with E-state index in [9.17, 15) is 9.59 Å². The molecule has 0 spiro atoms. The van der Waals surface area contributed by atoms with Crippen LogP contribution in [-0.2, 0) is 9.59 Å². The van der Waals surface area contributed by atoms with Crippen molar-refractivity contribution in [3.05, 3.63) is 0 Å². The highest BCUT2D eigenvalue weighted by molar-refractivity contribution is 5.89. The van der Waals surface area contributed by atoms with Crippen LogP contribution >= 0.6 is 0 Å². The molecule has 0 aliphatic carbocycles. The fourth-order valence-corrected chi connectivity index (χ4v) is 1.84. The molecule has 1 rings (SSSR count). The third-order valence-corrected chi connectivity index (χ3v) is 3.51. The molecule has 1 saturated heterocycles. The van der Waals surface area contributed by atoms with Crippen LogP contribution in [0.25, 0.3) is 0 Å². The van der Waals surface area contributed by atoms with E-state index in [1.807, 2.05) is 14.0 Å². The Kier molecular flexibility index (Phi) is 3.61. The van der Waals surface area contributed by atoms with Gasteiger partial charge in [-0.2, -0.15) is 0 Å². The normalized spacial score (nSPS) is 22.8. The third-order valence-electron chi connectivity index (χ3n) is 3.51. The van der Waals surface area contributed by atoms with E-state index in [0.717, 1.165) is 0 Å². The number of rotatable bonds is 2. The SMILES string of the molecule is CC(N(C)C(=O)C1CNC(=O)C1)C(C)(C)C. The smallest absolute Gasteiger partial charge is 0.227 e. The van der Waals surface area contributed by atoms with Crippen molar-refractivity contribution in [2.75, 3.05) is 13.6 Å². The average molecular weight is 226 g/mol. The topological polar surface area (TPSA) is 49.4 Å². The van der Waals surface area contributed by atoms with Crippen LogP contribution in [0.3, 0.4) is 0 Å². The van der Waals surface area contributed by atoms with Gasteiger partial charge in [0.1, 0.15) is 0 Å². The number of nitrogens with zero attached hydrogens (tertiary/aromatic N) is 1. The summed E-state index contributed by atoms with van der Waals surface area (Å²) < 4.78 is 0. The van der Waals surface area contributed by atoms with Crippen LogP contribution in [0.4, 0.5) is 0 Å². The van der Waals surface area contributed by atoms with Crippen LogP contribution in [-0.4, -0.2) is 36.3 Å². The molecule has 0 saturated carbocycles. The first-order valence-electron chi connectivity index (χ1n) is 5.77. The van der Waals surface area contributed by atoms with Gasteiger partial charge in [0.25, 0.3) is 0 Å². The van der Waals surface area contributed by atoms with Gasteiger partial charge in [0.05, 0.1) is 5.92 Å². The summed E-state index contributed by atoms with van der Waals surface area (Å²) in [7, 11) is 1.82. The maximum Gasteiger partial charge on any atom is 0.227 e. The van der Waals surface area contributed by atoms with Gasteiger partial charge in [-0.25, -0.2) is 0 Å². The highest BCUT2D eigenvalue weighted by Crippen LogP contribution is 2.25. The van der Waals surface area contributed by atoms with Gasteiger partial charge in [-0.1, -0.05) is 20.8 Å². The Morgan fingerprint density at radius 2 is 2.06 bits per heavy atom. The van der Waals surface area contributed by atoms with E-state index in [-0.39, 0.29) is 29.2 Å². The summed E-state index contributed by atoms with van der Waals surface area (Å²) in [6, 6.07) is 0.163. The minimum absolute atomic E-state index is 0.0184. The van der Waals surface area contributed by atoms with Crippen molar-refractivity contribution >= 4 is 11.8 Å². The predicted molar refractivity (Wildman–Crippen MR) is 62.8 cm³/mol. The van der Waals surface area contributed by atoms with Crippen LogP contribution in [0.2, 0.25) is 0 Å². The molecule has 4 heteroatoms.